The molecule has 1 aliphatic rings. The molecule has 1 aromatic rings. The van der Waals surface area contributed by atoms with Crippen molar-refractivity contribution < 1.29 is 26.4 Å². The van der Waals surface area contributed by atoms with Crippen molar-refractivity contribution in [1.82, 2.24) is 5.32 Å². The van der Waals surface area contributed by atoms with Crippen LogP contribution in [0.5, 0.6) is 0 Å². The first-order valence-electron chi connectivity index (χ1n) is 6.51. The van der Waals surface area contributed by atoms with Crippen molar-refractivity contribution in [2.45, 2.75) is 22.5 Å². The number of hydrogen-bond donors (Lipinski definition) is 1. The average molecular weight is 388 g/mol. The normalized spacial score (nSPS) is 23.7. The SMILES string of the molecule is O=C(CSc1cccc(C(F)(F)F)c1)N[C@H]1CS(=O)(=O)C[C@H]1Cl. The van der Waals surface area contributed by atoms with Crippen LogP contribution in [0.25, 0.3) is 0 Å². The quantitative estimate of drug-likeness (QED) is 0.636. The maximum atomic E-state index is 12.6. The van der Waals surface area contributed by atoms with E-state index in [1.54, 1.807) is 0 Å². The number of hydrogen-bond acceptors (Lipinski definition) is 4. The van der Waals surface area contributed by atoms with Gasteiger partial charge in [0, 0.05) is 4.90 Å². The lowest BCUT2D eigenvalue weighted by molar-refractivity contribution is -0.137. The van der Waals surface area contributed by atoms with Crippen LogP contribution < -0.4 is 5.32 Å². The van der Waals surface area contributed by atoms with Crippen LogP contribution in [0.2, 0.25) is 0 Å². The lowest BCUT2D eigenvalue weighted by atomic mass is 10.2. The Bertz CT molecular complexity index is 694. The summed E-state index contributed by atoms with van der Waals surface area (Å²) in [6.45, 7) is 0. The summed E-state index contributed by atoms with van der Waals surface area (Å²) in [6.07, 6.45) is -4.44. The number of rotatable bonds is 4. The first kappa shape index (κ1) is 18.4. The molecule has 1 aliphatic heterocycles. The number of benzene rings is 1. The van der Waals surface area contributed by atoms with Gasteiger partial charge in [-0.05, 0) is 18.2 Å². The fraction of sp³-hybridized carbons (Fsp3) is 0.462. The van der Waals surface area contributed by atoms with Gasteiger partial charge in [0.1, 0.15) is 0 Å². The Kier molecular flexibility index (Phi) is 5.52. The summed E-state index contributed by atoms with van der Waals surface area (Å²) in [5.74, 6) is -1.01. The fourth-order valence-corrected chi connectivity index (χ4v) is 5.41. The van der Waals surface area contributed by atoms with Crippen LogP contribution in [0.3, 0.4) is 0 Å². The van der Waals surface area contributed by atoms with Crippen LogP contribution in [0.15, 0.2) is 29.2 Å². The lowest BCUT2D eigenvalue weighted by Crippen LogP contribution is -2.41. The monoisotopic (exact) mass is 387 g/mol. The molecular formula is C13H13ClF3NO3S2. The molecule has 23 heavy (non-hydrogen) atoms. The molecular weight excluding hydrogens is 375 g/mol. The van der Waals surface area contributed by atoms with E-state index in [9.17, 15) is 26.4 Å². The zero-order chi connectivity index (χ0) is 17.3. The van der Waals surface area contributed by atoms with Crippen molar-refractivity contribution in [1.29, 1.82) is 0 Å². The molecule has 1 fully saturated rings. The van der Waals surface area contributed by atoms with E-state index in [0.717, 1.165) is 23.9 Å². The highest BCUT2D eigenvalue weighted by Gasteiger charge is 2.37. The third kappa shape index (κ3) is 5.29. The van der Waals surface area contributed by atoms with E-state index in [-0.39, 0.29) is 17.3 Å². The van der Waals surface area contributed by atoms with Gasteiger partial charge in [-0.1, -0.05) is 6.07 Å². The number of sulfone groups is 1. The second-order valence-electron chi connectivity index (χ2n) is 5.08. The Morgan fingerprint density at radius 3 is 2.61 bits per heavy atom. The minimum absolute atomic E-state index is 0.124. The molecule has 0 bridgehead atoms. The lowest BCUT2D eigenvalue weighted by Gasteiger charge is -2.14. The second-order valence-corrected chi connectivity index (χ2v) is 8.84. The number of amides is 1. The van der Waals surface area contributed by atoms with Crippen molar-refractivity contribution >= 4 is 39.1 Å². The molecule has 1 aromatic carbocycles. The summed E-state index contributed by atoms with van der Waals surface area (Å²) in [5.41, 5.74) is -0.786. The van der Waals surface area contributed by atoms with Gasteiger partial charge < -0.3 is 5.32 Å². The maximum absolute atomic E-state index is 12.6. The molecule has 1 amide bonds. The predicted octanol–water partition coefficient (Wildman–Crippen LogP) is 2.32. The van der Waals surface area contributed by atoms with E-state index >= 15 is 0 Å². The van der Waals surface area contributed by atoms with Gasteiger partial charge in [0.2, 0.25) is 5.91 Å². The standard InChI is InChI=1S/C13H13ClF3NO3S2/c14-10-6-23(20,21)7-11(10)18-12(19)5-22-9-3-1-2-8(4-9)13(15,16)17/h1-4,10-11H,5-7H2,(H,18,19)/t10-,11+/m1/s1. The van der Waals surface area contributed by atoms with Crippen LogP contribution in [0.1, 0.15) is 5.56 Å². The minimum Gasteiger partial charge on any atom is -0.350 e. The van der Waals surface area contributed by atoms with Crippen LogP contribution in [0.4, 0.5) is 13.2 Å². The highest BCUT2D eigenvalue weighted by atomic mass is 35.5. The Morgan fingerprint density at radius 2 is 2.04 bits per heavy atom. The molecule has 4 nitrogen and oxygen atoms in total. The number of thioether (sulfide) groups is 1. The van der Waals surface area contributed by atoms with Gasteiger partial charge in [-0.3, -0.25) is 4.79 Å². The molecule has 0 radical (unpaired) electrons. The van der Waals surface area contributed by atoms with E-state index in [2.05, 4.69) is 5.32 Å². The van der Waals surface area contributed by atoms with Crippen LogP contribution in [0, 0.1) is 0 Å². The summed E-state index contributed by atoms with van der Waals surface area (Å²) in [4.78, 5) is 12.1. The molecule has 0 saturated carbocycles. The van der Waals surface area contributed by atoms with Gasteiger partial charge in [0.05, 0.1) is 34.2 Å². The van der Waals surface area contributed by atoms with Crippen molar-refractivity contribution in [3.05, 3.63) is 29.8 Å². The molecule has 128 valence electrons. The molecule has 1 N–H and O–H groups in total. The smallest absolute Gasteiger partial charge is 0.350 e. The Labute approximate surface area is 140 Å². The van der Waals surface area contributed by atoms with Gasteiger partial charge in [0.25, 0.3) is 0 Å². The molecule has 1 heterocycles. The minimum atomic E-state index is -4.44. The molecule has 0 aliphatic carbocycles. The molecule has 0 aromatic heterocycles. The zero-order valence-corrected chi connectivity index (χ0v) is 14.0. The van der Waals surface area contributed by atoms with Crippen LogP contribution in [-0.4, -0.2) is 43.0 Å². The highest BCUT2D eigenvalue weighted by molar-refractivity contribution is 8.00. The highest BCUT2D eigenvalue weighted by Crippen LogP contribution is 2.31. The van der Waals surface area contributed by atoms with Crippen molar-refractivity contribution in [3.8, 4) is 0 Å². The molecule has 2 atom stereocenters. The van der Waals surface area contributed by atoms with Gasteiger partial charge in [-0.15, -0.1) is 23.4 Å². The third-order valence-electron chi connectivity index (χ3n) is 3.16. The third-order valence-corrected chi connectivity index (χ3v) is 6.53. The van der Waals surface area contributed by atoms with E-state index < -0.39 is 38.9 Å². The number of alkyl halides is 4. The van der Waals surface area contributed by atoms with Gasteiger partial charge in [-0.25, -0.2) is 8.42 Å². The van der Waals surface area contributed by atoms with E-state index in [1.807, 2.05) is 0 Å². The molecule has 0 unspecified atom stereocenters. The topological polar surface area (TPSA) is 63.2 Å². The molecule has 0 spiro atoms. The predicted molar refractivity (Wildman–Crippen MR) is 82.4 cm³/mol. The summed E-state index contributed by atoms with van der Waals surface area (Å²) in [7, 11) is -3.26. The number of halogens is 4. The maximum Gasteiger partial charge on any atom is 0.416 e. The zero-order valence-electron chi connectivity index (χ0n) is 11.6. The number of carbonyl (C=O) groups excluding carboxylic acids is 1. The van der Waals surface area contributed by atoms with E-state index in [4.69, 9.17) is 11.6 Å². The van der Waals surface area contributed by atoms with Crippen molar-refractivity contribution in [2.24, 2.45) is 0 Å². The summed E-state index contributed by atoms with van der Waals surface area (Å²) in [6, 6.07) is 3.98. The van der Waals surface area contributed by atoms with Crippen LogP contribution >= 0.6 is 23.4 Å². The Hall–Kier alpha value is -0.930. The Balaban J connectivity index is 1.90. The van der Waals surface area contributed by atoms with Gasteiger partial charge >= 0.3 is 6.18 Å². The Morgan fingerprint density at radius 1 is 1.35 bits per heavy atom. The molecule has 2 rings (SSSR count). The summed E-state index contributed by atoms with van der Waals surface area (Å²) >= 11 is 6.81. The molecule has 10 heteroatoms. The largest absolute Gasteiger partial charge is 0.416 e. The van der Waals surface area contributed by atoms with Crippen molar-refractivity contribution in [3.63, 3.8) is 0 Å². The second kappa shape index (κ2) is 6.90. The van der Waals surface area contributed by atoms with Gasteiger partial charge in [0.15, 0.2) is 9.84 Å². The fourth-order valence-electron chi connectivity index (χ4n) is 2.10. The first-order chi connectivity index (χ1) is 10.6. The van der Waals surface area contributed by atoms with Gasteiger partial charge in [-0.2, -0.15) is 13.2 Å². The average Bonchev–Trinajstić information content (AvgIpc) is 2.68. The molecule has 1 saturated heterocycles. The van der Waals surface area contributed by atoms with Crippen LogP contribution in [-0.2, 0) is 20.8 Å². The van der Waals surface area contributed by atoms with E-state index in [0.29, 0.717) is 4.90 Å². The van der Waals surface area contributed by atoms with E-state index in [1.165, 1.54) is 12.1 Å². The first-order valence-corrected chi connectivity index (χ1v) is 9.75. The number of carbonyl (C=O) groups is 1. The van der Waals surface area contributed by atoms with Crippen molar-refractivity contribution in [2.75, 3.05) is 17.3 Å². The number of nitrogens with one attached hydrogen (secondary N) is 1. The summed E-state index contributed by atoms with van der Waals surface area (Å²) in [5, 5.41) is 1.81. The summed E-state index contributed by atoms with van der Waals surface area (Å²) < 4.78 is 60.6.